The minimum atomic E-state index is -4.24. The van der Waals surface area contributed by atoms with Crippen LogP contribution < -0.4 is 0 Å². The highest BCUT2D eigenvalue weighted by atomic mass is 127. The number of rotatable bonds is 0. The van der Waals surface area contributed by atoms with Gasteiger partial charge in [0.2, 0.25) is 0 Å². The summed E-state index contributed by atoms with van der Waals surface area (Å²) in [6.45, 7) is 0. The summed E-state index contributed by atoms with van der Waals surface area (Å²) in [6, 6.07) is 0. The van der Waals surface area contributed by atoms with Crippen molar-refractivity contribution < 1.29 is 13.2 Å². The van der Waals surface area contributed by atoms with Gasteiger partial charge in [-0.05, 0) is 22.6 Å². The third kappa shape index (κ3) is 1.82. The van der Waals surface area contributed by atoms with Gasteiger partial charge in [0.05, 0.1) is 6.20 Å². The summed E-state index contributed by atoms with van der Waals surface area (Å²) >= 11 is 2.39. The lowest BCUT2D eigenvalue weighted by Gasteiger charge is -1.98. The van der Waals surface area contributed by atoms with Crippen LogP contribution in [-0.2, 0) is 6.18 Å². The van der Waals surface area contributed by atoms with E-state index in [9.17, 15) is 13.2 Å². The molecular weight excluding hydrogens is 278 g/mol. The molecule has 0 amide bonds. The molecule has 56 valence electrons. The first-order chi connectivity index (χ1) is 4.50. The zero-order valence-electron chi connectivity index (χ0n) is 4.44. The number of alkyl halides is 3. The van der Waals surface area contributed by atoms with Gasteiger partial charge in [0.25, 0.3) is 0 Å². The second-order valence-corrected chi connectivity index (χ2v) is 4.26. The Labute approximate surface area is 72.4 Å². The lowest BCUT2D eigenvalue weighted by molar-refractivity contribution is -0.134. The van der Waals surface area contributed by atoms with Crippen molar-refractivity contribution in [2.45, 2.75) is 6.18 Å². The minimum Gasteiger partial charge on any atom is -0.238 e. The van der Waals surface area contributed by atoms with Crippen LogP contribution in [0.3, 0.4) is 0 Å². The van der Waals surface area contributed by atoms with E-state index in [0.717, 1.165) is 6.20 Å². The molecule has 6 heteroatoms. The molecule has 0 radical (unpaired) electrons. The molecule has 0 saturated carbocycles. The molecule has 1 heterocycles. The van der Waals surface area contributed by atoms with Crippen molar-refractivity contribution in [2.24, 2.45) is 0 Å². The summed E-state index contributed by atoms with van der Waals surface area (Å²) in [5.74, 6) is 0. The number of nitrogens with zero attached hydrogens (tertiary/aromatic N) is 1. The summed E-state index contributed by atoms with van der Waals surface area (Å²) in [4.78, 5) is 2.83. The van der Waals surface area contributed by atoms with Crippen molar-refractivity contribution in [2.75, 3.05) is 0 Å². The summed E-state index contributed by atoms with van der Waals surface area (Å²) in [5, 5.41) is 0. The molecule has 1 rings (SSSR count). The van der Waals surface area contributed by atoms with E-state index in [1.54, 1.807) is 22.6 Å². The standard InChI is InChI=1S/C4HF3INS/c5-4(6,7)2-1-9-3(8)10-2/h1H. The SMILES string of the molecule is FC(F)(F)c1cnc(I)s1. The average Bonchev–Trinajstić information content (AvgIpc) is 2.11. The number of halogens is 4. The molecule has 1 aromatic heterocycles. The van der Waals surface area contributed by atoms with Crippen LogP contribution in [0.2, 0.25) is 0 Å². The molecule has 0 aromatic carbocycles. The molecule has 0 N–H and O–H groups in total. The van der Waals surface area contributed by atoms with Gasteiger partial charge in [-0.2, -0.15) is 13.2 Å². The Kier molecular flexibility index (Phi) is 2.18. The fraction of sp³-hybridized carbons (Fsp3) is 0.250. The maximum absolute atomic E-state index is 11.8. The van der Waals surface area contributed by atoms with Crippen molar-refractivity contribution in [3.63, 3.8) is 0 Å². The van der Waals surface area contributed by atoms with Gasteiger partial charge in [-0.25, -0.2) is 4.98 Å². The van der Waals surface area contributed by atoms with E-state index in [2.05, 4.69) is 4.98 Å². The maximum atomic E-state index is 11.8. The van der Waals surface area contributed by atoms with Gasteiger partial charge in [0.1, 0.15) is 4.88 Å². The van der Waals surface area contributed by atoms with Crippen LogP contribution in [0, 0.1) is 3.01 Å². The van der Waals surface area contributed by atoms with Gasteiger partial charge >= 0.3 is 6.18 Å². The Balaban J connectivity index is 2.96. The molecule has 1 aromatic rings. The zero-order valence-corrected chi connectivity index (χ0v) is 7.42. The van der Waals surface area contributed by atoms with Crippen molar-refractivity contribution in [3.8, 4) is 0 Å². The normalized spacial score (nSPS) is 12.0. The molecule has 0 spiro atoms. The van der Waals surface area contributed by atoms with E-state index < -0.39 is 11.1 Å². The van der Waals surface area contributed by atoms with Crippen molar-refractivity contribution in [1.29, 1.82) is 0 Å². The Hall–Kier alpha value is 0.150. The van der Waals surface area contributed by atoms with Crippen molar-refractivity contribution in [3.05, 3.63) is 14.1 Å². The van der Waals surface area contributed by atoms with Gasteiger partial charge in [0.15, 0.2) is 3.01 Å². The van der Waals surface area contributed by atoms with Crippen LogP contribution in [0.4, 0.5) is 13.2 Å². The van der Waals surface area contributed by atoms with E-state index in [4.69, 9.17) is 0 Å². The minimum absolute atomic E-state index is 0.407. The van der Waals surface area contributed by atoms with Crippen molar-refractivity contribution >= 4 is 33.9 Å². The smallest absolute Gasteiger partial charge is 0.238 e. The molecule has 0 atom stereocenters. The highest BCUT2D eigenvalue weighted by molar-refractivity contribution is 14.1. The van der Waals surface area contributed by atoms with Crippen molar-refractivity contribution in [1.82, 2.24) is 4.98 Å². The maximum Gasteiger partial charge on any atom is 0.427 e. The monoisotopic (exact) mass is 279 g/mol. The first kappa shape index (κ1) is 8.25. The van der Waals surface area contributed by atoms with E-state index in [-0.39, 0.29) is 0 Å². The Morgan fingerprint density at radius 2 is 2.10 bits per heavy atom. The zero-order chi connectivity index (χ0) is 7.78. The third-order valence-corrected chi connectivity index (χ3v) is 2.53. The first-order valence-electron chi connectivity index (χ1n) is 2.18. The second kappa shape index (κ2) is 2.65. The lowest BCUT2D eigenvalue weighted by Crippen LogP contribution is -2.00. The fourth-order valence-electron chi connectivity index (χ4n) is 0.384. The Morgan fingerprint density at radius 3 is 2.30 bits per heavy atom. The Bertz CT molecular complexity index is 231. The number of hydrogen-bond acceptors (Lipinski definition) is 2. The topological polar surface area (TPSA) is 12.9 Å². The van der Waals surface area contributed by atoms with Crippen LogP contribution in [0.25, 0.3) is 0 Å². The quantitative estimate of drug-likeness (QED) is 0.665. The van der Waals surface area contributed by atoms with Gasteiger partial charge in [0, 0.05) is 0 Å². The van der Waals surface area contributed by atoms with Gasteiger partial charge < -0.3 is 0 Å². The van der Waals surface area contributed by atoms with E-state index in [0.29, 0.717) is 14.4 Å². The van der Waals surface area contributed by atoms with Crippen LogP contribution in [0.5, 0.6) is 0 Å². The highest BCUT2D eigenvalue weighted by Gasteiger charge is 2.32. The molecule has 0 aliphatic rings. The lowest BCUT2D eigenvalue weighted by atomic mass is 10.5. The van der Waals surface area contributed by atoms with E-state index in [1.807, 2.05) is 0 Å². The first-order valence-corrected chi connectivity index (χ1v) is 4.08. The predicted molar refractivity (Wildman–Crippen MR) is 39.8 cm³/mol. The second-order valence-electron chi connectivity index (χ2n) is 1.48. The highest BCUT2D eigenvalue weighted by Crippen LogP contribution is 2.33. The van der Waals surface area contributed by atoms with Gasteiger partial charge in [-0.3, -0.25) is 0 Å². The number of hydrogen-bond donors (Lipinski definition) is 0. The van der Waals surface area contributed by atoms with Crippen LogP contribution in [0.15, 0.2) is 6.20 Å². The summed E-state index contributed by atoms with van der Waals surface area (Å²) in [7, 11) is 0. The van der Waals surface area contributed by atoms with Gasteiger partial charge in [-0.1, -0.05) is 0 Å². The Morgan fingerprint density at radius 1 is 1.50 bits per heavy atom. The number of aromatic nitrogens is 1. The van der Waals surface area contributed by atoms with Crippen LogP contribution in [0.1, 0.15) is 4.88 Å². The summed E-state index contributed by atoms with van der Waals surface area (Å²) < 4.78 is 35.7. The average molecular weight is 279 g/mol. The molecule has 0 unspecified atom stereocenters. The molecule has 1 nitrogen and oxygen atoms in total. The summed E-state index contributed by atoms with van der Waals surface area (Å²) in [5.41, 5.74) is 0. The molecule has 0 bridgehead atoms. The van der Waals surface area contributed by atoms with Crippen LogP contribution >= 0.6 is 33.9 Å². The molecule has 10 heavy (non-hydrogen) atoms. The summed E-state index contributed by atoms with van der Waals surface area (Å²) in [6.07, 6.45) is -3.40. The largest absolute Gasteiger partial charge is 0.427 e. The predicted octanol–water partition coefficient (Wildman–Crippen LogP) is 2.77. The molecule has 0 saturated heterocycles. The molecule has 0 aliphatic carbocycles. The number of thiazole rings is 1. The fourth-order valence-corrected chi connectivity index (χ4v) is 1.74. The van der Waals surface area contributed by atoms with Gasteiger partial charge in [-0.15, -0.1) is 11.3 Å². The molecule has 0 aliphatic heterocycles. The van der Waals surface area contributed by atoms with E-state index in [1.165, 1.54) is 0 Å². The molecule has 0 fully saturated rings. The third-order valence-electron chi connectivity index (χ3n) is 0.757. The van der Waals surface area contributed by atoms with Crippen LogP contribution in [-0.4, -0.2) is 4.98 Å². The van der Waals surface area contributed by atoms with E-state index >= 15 is 0 Å². The molecular formula is C4HF3INS.